The van der Waals surface area contributed by atoms with E-state index in [-0.39, 0.29) is 17.9 Å². The Morgan fingerprint density at radius 2 is 1.88 bits per heavy atom. The number of carbonyl (C=O) groups excluding carboxylic acids is 1. The van der Waals surface area contributed by atoms with Crippen molar-refractivity contribution in [3.8, 4) is 0 Å². The highest BCUT2D eigenvalue weighted by molar-refractivity contribution is 9.10. The summed E-state index contributed by atoms with van der Waals surface area (Å²) >= 11 is 13.9. The van der Waals surface area contributed by atoms with Crippen molar-refractivity contribution in [2.75, 3.05) is 19.7 Å². The molecule has 4 aliphatic rings. The second-order valence-electron chi connectivity index (χ2n) is 9.61. The number of benzene rings is 1. The lowest BCUT2D eigenvalue weighted by Gasteiger charge is -2.37. The zero-order valence-electron chi connectivity index (χ0n) is 17.7. The van der Waals surface area contributed by atoms with E-state index < -0.39 is 0 Å². The molecular formula is C25H25Br2ClN2O2. The van der Waals surface area contributed by atoms with Gasteiger partial charge in [0, 0.05) is 51.7 Å². The van der Waals surface area contributed by atoms with Crippen LogP contribution >= 0.6 is 43.5 Å². The number of hydrogen-bond acceptors (Lipinski definition) is 3. The third-order valence-corrected chi connectivity index (χ3v) is 9.19. The molecule has 3 fully saturated rings. The van der Waals surface area contributed by atoms with Gasteiger partial charge in [-0.15, -0.1) is 0 Å². The van der Waals surface area contributed by atoms with Crippen LogP contribution in [-0.4, -0.2) is 41.6 Å². The summed E-state index contributed by atoms with van der Waals surface area (Å²) in [5, 5.41) is 0.770. The molecular weight excluding hydrogens is 556 g/mol. The minimum absolute atomic E-state index is 0.120. The second-order valence-corrected chi connectivity index (χ2v) is 11.8. The Morgan fingerprint density at radius 1 is 1.09 bits per heavy atom. The molecule has 1 aromatic heterocycles. The molecule has 7 heteroatoms. The van der Waals surface area contributed by atoms with Crippen LogP contribution in [0, 0.1) is 17.8 Å². The quantitative estimate of drug-likeness (QED) is 0.454. The van der Waals surface area contributed by atoms with Crippen molar-refractivity contribution >= 4 is 49.4 Å². The number of fused-ring (bicyclic) bond motifs is 3. The molecule has 0 bridgehead atoms. The summed E-state index contributed by atoms with van der Waals surface area (Å²) < 4.78 is 7.81. The minimum Gasteiger partial charge on any atom is -0.377 e. The molecule has 6 rings (SSSR count). The van der Waals surface area contributed by atoms with Crippen LogP contribution in [-0.2, 0) is 22.4 Å². The van der Waals surface area contributed by atoms with Gasteiger partial charge >= 0.3 is 0 Å². The van der Waals surface area contributed by atoms with Crippen molar-refractivity contribution in [3.63, 3.8) is 0 Å². The number of pyridine rings is 1. The lowest BCUT2D eigenvalue weighted by atomic mass is 9.76. The Balaban J connectivity index is 1.29. The average Bonchev–Trinajstić information content (AvgIpc) is 3.31. The lowest BCUT2D eigenvalue weighted by molar-refractivity contribution is -0.135. The van der Waals surface area contributed by atoms with E-state index in [0.717, 1.165) is 65.8 Å². The second kappa shape index (κ2) is 8.37. The van der Waals surface area contributed by atoms with E-state index in [1.54, 1.807) is 0 Å². The summed E-state index contributed by atoms with van der Waals surface area (Å²) in [5.41, 5.74) is 5.14. The van der Waals surface area contributed by atoms with Gasteiger partial charge < -0.3 is 9.64 Å². The molecule has 1 amide bonds. The normalized spacial score (nSPS) is 29.2. The monoisotopic (exact) mass is 578 g/mol. The fourth-order valence-electron chi connectivity index (χ4n) is 6.27. The van der Waals surface area contributed by atoms with Gasteiger partial charge in [-0.25, -0.2) is 0 Å². The Labute approximate surface area is 210 Å². The van der Waals surface area contributed by atoms with E-state index in [1.165, 1.54) is 22.4 Å². The predicted octanol–water partition coefficient (Wildman–Crippen LogP) is 5.76. The molecule has 0 spiro atoms. The van der Waals surface area contributed by atoms with E-state index in [9.17, 15) is 4.79 Å². The average molecular weight is 581 g/mol. The Hall–Kier alpha value is -0.950. The highest BCUT2D eigenvalue weighted by Gasteiger charge is 2.59. The molecule has 4 nitrogen and oxygen atoms in total. The zero-order chi connectivity index (χ0) is 22.0. The summed E-state index contributed by atoms with van der Waals surface area (Å²) in [6.45, 7) is 2.47. The van der Waals surface area contributed by atoms with Crippen molar-refractivity contribution in [1.29, 1.82) is 0 Å². The Kier molecular flexibility index (Phi) is 5.64. The van der Waals surface area contributed by atoms with Gasteiger partial charge in [0.05, 0.1) is 17.7 Å². The summed E-state index contributed by atoms with van der Waals surface area (Å²) in [5.74, 6) is 1.56. The van der Waals surface area contributed by atoms with E-state index in [1.807, 2.05) is 12.3 Å². The number of halogens is 3. The minimum atomic E-state index is 0.120. The molecule has 2 aromatic rings. The first-order valence-corrected chi connectivity index (χ1v) is 13.5. The smallest absolute Gasteiger partial charge is 0.228 e. The molecule has 0 N–H and O–H groups in total. The summed E-state index contributed by atoms with van der Waals surface area (Å²) in [7, 11) is 0. The van der Waals surface area contributed by atoms with Gasteiger partial charge in [0.1, 0.15) is 0 Å². The largest absolute Gasteiger partial charge is 0.377 e. The molecule has 1 aromatic carbocycles. The SMILES string of the molecule is O=C([C@@H]1[C@H]2CCO[C@H]21)N1CCC([C@H]2c3ncc(Br)cc3CCc3cc(Cl)cc(Br)c32)CC1. The van der Waals surface area contributed by atoms with Crippen LogP contribution in [0.1, 0.15) is 47.6 Å². The number of piperidine rings is 1. The molecule has 1 saturated carbocycles. The van der Waals surface area contributed by atoms with Gasteiger partial charge in [0.25, 0.3) is 0 Å². The summed E-state index contributed by atoms with van der Waals surface area (Å²) in [6, 6.07) is 6.36. The van der Waals surface area contributed by atoms with Crippen molar-refractivity contribution < 1.29 is 9.53 Å². The highest BCUT2D eigenvalue weighted by Crippen LogP contribution is 2.51. The maximum atomic E-state index is 13.0. The molecule has 4 atom stereocenters. The van der Waals surface area contributed by atoms with E-state index >= 15 is 0 Å². The van der Waals surface area contributed by atoms with Crippen LogP contribution < -0.4 is 0 Å². The number of ether oxygens (including phenoxy) is 1. The standard InChI is InChI=1S/C25H25Br2ClN2O2/c26-16-9-15-2-1-14-10-17(28)11-19(27)20(14)21(23(15)29-12-16)13-3-6-30(7-4-13)25(31)22-18-5-8-32-24(18)22/h9-13,18,21-22,24H,1-8H2/t18-,21-,22-,24-/m1/s1. The third kappa shape index (κ3) is 3.66. The Morgan fingerprint density at radius 3 is 2.62 bits per heavy atom. The van der Waals surface area contributed by atoms with Gasteiger partial charge in [-0.05, 0) is 88.8 Å². The first-order valence-electron chi connectivity index (χ1n) is 11.5. The third-order valence-electron chi connectivity index (χ3n) is 7.88. The van der Waals surface area contributed by atoms with E-state index in [2.05, 4.69) is 48.9 Å². The number of likely N-dealkylation sites (tertiary alicyclic amines) is 1. The maximum Gasteiger partial charge on any atom is 0.228 e. The van der Waals surface area contributed by atoms with Crippen LogP contribution in [0.2, 0.25) is 5.02 Å². The van der Waals surface area contributed by atoms with Crippen molar-refractivity contribution in [2.45, 2.75) is 44.1 Å². The highest BCUT2D eigenvalue weighted by atomic mass is 79.9. The van der Waals surface area contributed by atoms with Crippen LogP contribution in [0.4, 0.5) is 0 Å². The fourth-order valence-corrected chi connectivity index (χ4v) is 7.77. The van der Waals surface area contributed by atoms with Gasteiger partial charge in [-0.2, -0.15) is 0 Å². The molecule has 2 aliphatic carbocycles. The first kappa shape index (κ1) is 21.6. The molecule has 0 radical (unpaired) electrons. The van der Waals surface area contributed by atoms with Crippen molar-refractivity contribution in [1.82, 2.24) is 9.88 Å². The number of aromatic nitrogens is 1. The zero-order valence-corrected chi connectivity index (χ0v) is 21.6. The number of nitrogens with zero attached hydrogens (tertiary/aromatic N) is 2. The van der Waals surface area contributed by atoms with E-state index in [0.29, 0.717) is 17.7 Å². The summed E-state index contributed by atoms with van der Waals surface area (Å²) in [4.78, 5) is 20.1. The number of hydrogen-bond donors (Lipinski definition) is 0. The van der Waals surface area contributed by atoms with Crippen LogP contribution in [0.25, 0.3) is 0 Å². The maximum absolute atomic E-state index is 13.0. The number of rotatable bonds is 2. The van der Waals surface area contributed by atoms with Crippen LogP contribution in [0.3, 0.4) is 0 Å². The van der Waals surface area contributed by atoms with Gasteiger partial charge in [-0.1, -0.05) is 27.5 Å². The van der Waals surface area contributed by atoms with Crippen molar-refractivity contribution in [2.24, 2.45) is 17.8 Å². The van der Waals surface area contributed by atoms with Gasteiger partial charge in [0.15, 0.2) is 0 Å². The fraction of sp³-hybridized carbons (Fsp3) is 0.520. The molecule has 32 heavy (non-hydrogen) atoms. The number of carbonyl (C=O) groups is 1. The van der Waals surface area contributed by atoms with Crippen LogP contribution in [0.5, 0.6) is 0 Å². The Bertz CT molecular complexity index is 1080. The van der Waals surface area contributed by atoms with Crippen LogP contribution in [0.15, 0.2) is 33.3 Å². The van der Waals surface area contributed by atoms with Crippen molar-refractivity contribution in [3.05, 3.63) is 60.7 Å². The molecule has 3 heterocycles. The molecule has 2 saturated heterocycles. The number of amides is 1. The summed E-state index contributed by atoms with van der Waals surface area (Å²) in [6.07, 6.45) is 7.06. The first-order chi connectivity index (χ1) is 15.5. The molecule has 0 unspecified atom stereocenters. The predicted molar refractivity (Wildman–Crippen MR) is 131 cm³/mol. The molecule has 2 aliphatic heterocycles. The number of aryl methyl sites for hydroxylation is 2. The lowest BCUT2D eigenvalue weighted by Crippen LogP contribution is -2.41. The van der Waals surface area contributed by atoms with Gasteiger partial charge in [0.2, 0.25) is 5.91 Å². The molecule has 168 valence electrons. The van der Waals surface area contributed by atoms with E-state index in [4.69, 9.17) is 21.3 Å². The topological polar surface area (TPSA) is 42.4 Å². The van der Waals surface area contributed by atoms with Gasteiger partial charge in [-0.3, -0.25) is 9.78 Å².